The van der Waals surface area contributed by atoms with Gasteiger partial charge in [-0.3, -0.25) is 13.9 Å². The van der Waals surface area contributed by atoms with Crippen molar-refractivity contribution >= 4 is 27.5 Å². The molecule has 242 valence electrons. The number of carbonyl (C=O) groups excluding carboxylic acids is 2. The van der Waals surface area contributed by atoms with E-state index >= 15 is 4.39 Å². The van der Waals surface area contributed by atoms with Crippen LogP contribution in [0.4, 0.5) is 10.1 Å². The van der Waals surface area contributed by atoms with E-state index < -0.39 is 40.2 Å². The Morgan fingerprint density at radius 1 is 0.891 bits per heavy atom. The summed E-state index contributed by atoms with van der Waals surface area (Å²) in [6.45, 7) is 4.70. The average molecular weight is 646 g/mol. The number of benzene rings is 4. The molecule has 1 N–H and O–H groups in total. The Labute approximate surface area is 270 Å². The minimum Gasteiger partial charge on any atom is -0.495 e. The van der Waals surface area contributed by atoms with Crippen molar-refractivity contribution in [2.45, 2.75) is 57.1 Å². The molecule has 8 nitrogen and oxygen atoms in total. The van der Waals surface area contributed by atoms with Crippen LogP contribution in [-0.4, -0.2) is 50.9 Å². The van der Waals surface area contributed by atoms with Crippen molar-refractivity contribution in [3.63, 3.8) is 0 Å². The summed E-state index contributed by atoms with van der Waals surface area (Å²) in [5.41, 5.74) is 1.99. The van der Waals surface area contributed by atoms with Gasteiger partial charge in [-0.1, -0.05) is 85.3 Å². The van der Waals surface area contributed by atoms with Crippen molar-refractivity contribution in [1.29, 1.82) is 0 Å². The summed E-state index contributed by atoms with van der Waals surface area (Å²) in [6.07, 6.45) is 0.782. The van der Waals surface area contributed by atoms with Crippen molar-refractivity contribution in [3.8, 4) is 5.75 Å². The van der Waals surface area contributed by atoms with Crippen molar-refractivity contribution in [2.75, 3.05) is 18.0 Å². The molecule has 0 aliphatic heterocycles. The number of carbonyl (C=O) groups is 2. The standard InChI is InChI=1S/C36H40FN3O5S/c1-5-27(3)38-36(42)33(23-28-13-7-6-8-14-28)39(24-29-15-9-10-16-31(29)37)35(41)25-40(32-17-11-12-18-34(32)45-4)46(43,44)30-21-19-26(2)20-22-30/h6-22,27,33H,5,23-25H2,1-4H3,(H,38,42)/t27-,33+/m1/s1. The number of ether oxygens (including phenoxy) is 1. The zero-order valence-corrected chi connectivity index (χ0v) is 27.3. The number of para-hydroxylation sites is 2. The molecule has 4 aromatic carbocycles. The highest BCUT2D eigenvalue weighted by Gasteiger charge is 2.36. The molecule has 0 saturated carbocycles. The molecule has 0 heterocycles. The summed E-state index contributed by atoms with van der Waals surface area (Å²) in [5.74, 6) is -1.42. The van der Waals surface area contributed by atoms with E-state index in [1.54, 1.807) is 54.6 Å². The Bertz CT molecular complexity index is 1730. The van der Waals surface area contributed by atoms with Crippen LogP contribution in [0.2, 0.25) is 0 Å². The molecule has 2 amide bonds. The van der Waals surface area contributed by atoms with E-state index in [1.165, 1.54) is 30.2 Å². The number of halogens is 1. The fourth-order valence-electron chi connectivity index (χ4n) is 4.99. The lowest BCUT2D eigenvalue weighted by molar-refractivity contribution is -0.140. The van der Waals surface area contributed by atoms with Crippen LogP contribution in [0.15, 0.2) is 108 Å². The van der Waals surface area contributed by atoms with E-state index in [0.717, 1.165) is 15.4 Å². The Hall–Kier alpha value is -4.70. The van der Waals surface area contributed by atoms with E-state index in [2.05, 4.69) is 5.32 Å². The van der Waals surface area contributed by atoms with Crippen molar-refractivity contribution in [1.82, 2.24) is 10.2 Å². The molecule has 2 atom stereocenters. The molecule has 4 aromatic rings. The molecule has 4 rings (SSSR count). The summed E-state index contributed by atoms with van der Waals surface area (Å²) in [6, 6.07) is 26.8. The highest BCUT2D eigenvalue weighted by atomic mass is 32.2. The number of nitrogens with zero attached hydrogens (tertiary/aromatic N) is 2. The zero-order chi connectivity index (χ0) is 33.3. The molecule has 0 bridgehead atoms. The highest BCUT2D eigenvalue weighted by Crippen LogP contribution is 2.33. The maximum Gasteiger partial charge on any atom is 0.264 e. The Morgan fingerprint density at radius 3 is 2.17 bits per heavy atom. The highest BCUT2D eigenvalue weighted by molar-refractivity contribution is 7.92. The zero-order valence-electron chi connectivity index (χ0n) is 26.5. The molecular weight excluding hydrogens is 605 g/mol. The number of rotatable bonds is 14. The Morgan fingerprint density at radius 2 is 1.52 bits per heavy atom. The Kier molecular flexibility index (Phi) is 11.5. The number of methoxy groups -OCH3 is 1. The molecule has 10 heteroatoms. The third kappa shape index (κ3) is 8.31. The van der Waals surface area contributed by atoms with Gasteiger partial charge in [0.15, 0.2) is 0 Å². The van der Waals surface area contributed by atoms with Gasteiger partial charge in [0.25, 0.3) is 10.0 Å². The van der Waals surface area contributed by atoms with Gasteiger partial charge < -0.3 is 15.0 Å². The first-order chi connectivity index (χ1) is 22.0. The smallest absolute Gasteiger partial charge is 0.264 e. The van der Waals surface area contributed by atoms with Crippen LogP contribution in [-0.2, 0) is 32.6 Å². The first-order valence-corrected chi connectivity index (χ1v) is 16.6. The molecular formula is C36H40FN3O5S. The number of nitrogens with one attached hydrogen (secondary N) is 1. The first-order valence-electron chi connectivity index (χ1n) is 15.1. The van der Waals surface area contributed by atoms with Crippen LogP contribution < -0.4 is 14.4 Å². The second-order valence-electron chi connectivity index (χ2n) is 11.1. The number of hydrogen-bond acceptors (Lipinski definition) is 5. The summed E-state index contributed by atoms with van der Waals surface area (Å²) in [4.78, 5) is 29.7. The van der Waals surface area contributed by atoms with Crippen molar-refractivity contribution < 1.29 is 27.1 Å². The van der Waals surface area contributed by atoms with Gasteiger partial charge in [-0.2, -0.15) is 0 Å². The van der Waals surface area contributed by atoms with Crippen LogP contribution in [0.1, 0.15) is 37.0 Å². The van der Waals surface area contributed by atoms with E-state index in [-0.39, 0.29) is 40.9 Å². The van der Waals surface area contributed by atoms with Gasteiger partial charge in [-0.25, -0.2) is 12.8 Å². The SMILES string of the molecule is CC[C@@H](C)NC(=O)[C@H](Cc1ccccc1)N(Cc1ccccc1F)C(=O)CN(c1ccccc1OC)S(=O)(=O)c1ccc(C)cc1. The van der Waals surface area contributed by atoms with E-state index in [0.29, 0.717) is 6.42 Å². The van der Waals surface area contributed by atoms with E-state index in [1.807, 2.05) is 51.1 Å². The largest absolute Gasteiger partial charge is 0.495 e. The van der Waals surface area contributed by atoms with E-state index in [9.17, 15) is 18.0 Å². The van der Waals surface area contributed by atoms with Gasteiger partial charge in [0.2, 0.25) is 11.8 Å². The first kappa shape index (κ1) is 34.2. The number of aryl methyl sites for hydroxylation is 1. The molecule has 0 radical (unpaired) electrons. The number of amides is 2. The van der Waals surface area contributed by atoms with Gasteiger partial charge in [-0.05, 0) is 56.2 Å². The summed E-state index contributed by atoms with van der Waals surface area (Å²) in [7, 11) is -2.90. The van der Waals surface area contributed by atoms with Crippen molar-refractivity contribution in [2.24, 2.45) is 0 Å². The average Bonchev–Trinajstić information content (AvgIpc) is 3.06. The predicted octanol–water partition coefficient (Wildman–Crippen LogP) is 5.89. The molecule has 0 aromatic heterocycles. The third-order valence-corrected chi connectivity index (χ3v) is 9.59. The van der Waals surface area contributed by atoms with Crippen LogP contribution in [0.25, 0.3) is 0 Å². The van der Waals surface area contributed by atoms with Crippen LogP contribution in [0.5, 0.6) is 5.75 Å². The number of hydrogen-bond donors (Lipinski definition) is 1. The third-order valence-electron chi connectivity index (χ3n) is 7.81. The lowest BCUT2D eigenvalue weighted by Gasteiger charge is -2.34. The molecule has 0 saturated heterocycles. The number of anilines is 1. The van der Waals surface area contributed by atoms with Crippen LogP contribution >= 0.6 is 0 Å². The predicted molar refractivity (Wildman–Crippen MR) is 177 cm³/mol. The topological polar surface area (TPSA) is 96.0 Å². The minimum atomic E-state index is -4.31. The van der Waals surface area contributed by atoms with Crippen LogP contribution in [0, 0.1) is 12.7 Å². The van der Waals surface area contributed by atoms with Crippen molar-refractivity contribution in [3.05, 3.63) is 126 Å². The minimum absolute atomic E-state index is 0.0205. The van der Waals surface area contributed by atoms with Gasteiger partial charge in [0.1, 0.15) is 24.2 Å². The fraction of sp³-hybridized carbons (Fsp3) is 0.278. The van der Waals surface area contributed by atoms with Gasteiger partial charge in [0.05, 0.1) is 17.7 Å². The fourth-order valence-corrected chi connectivity index (χ4v) is 6.42. The molecule has 0 spiro atoms. The van der Waals surface area contributed by atoms with Crippen LogP contribution in [0.3, 0.4) is 0 Å². The maximum absolute atomic E-state index is 15.1. The molecule has 0 fully saturated rings. The molecule has 0 unspecified atom stereocenters. The maximum atomic E-state index is 15.1. The Balaban J connectivity index is 1.84. The van der Waals surface area contributed by atoms with Gasteiger partial charge in [0, 0.05) is 24.6 Å². The van der Waals surface area contributed by atoms with Gasteiger partial charge >= 0.3 is 0 Å². The summed E-state index contributed by atoms with van der Waals surface area (Å²) < 4.78 is 50.0. The molecule has 0 aliphatic carbocycles. The monoisotopic (exact) mass is 645 g/mol. The lowest BCUT2D eigenvalue weighted by atomic mass is 10.0. The lowest BCUT2D eigenvalue weighted by Crippen LogP contribution is -2.54. The molecule has 46 heavy (non-hydrogen) atoms. The van der Waals surface area contributed by atoms with E-state index in [4.69, 9.17) is 4.74 Å². The van der Waals surface area contributed by atoms with Gasteiger partial charge in [-0.15, -0.1) is 0 Å². The summed E-state index contributed by atoms with van der Waals surface area (Å²) in [5, 5.41) is 2.97. The second kappa shape index (κ2) is 15.5. The number of sulfonamides is 1. The quantitative estimate of drug-likeness (QED) is 0.185. The molecule has 0 aliphatic rings. The normalized spacial score (nSPS) is 12.5. The second-order valence-corrected chi connectivity index (χ2v) is 13.0. The summed E-state index contributed by atoms with van der Waals surface area (Å²) >= 11 is 0.